The molecule has 0 unspecified atom stereocenters. The summed E-state index contributed by atoms with van der Waals surface area (Å²) < 4.78 is 9.01. The highest BCUT2D eigenvalue weighted by Gasteiger charge is 2.42. The lowest BCUT2D eigenvalue weighted by atomic mass is 9.96. The number of nitrogens with zero attached hydrogens (tertiary/aromatic N) is 3. The van der Waals surface area contributed by atoms with Gasteiger partial charge in [0.15, 0.2) is 5.11 Å². The van der Waals surface area contributed by atoms with Crippen LogP contribution in [0.3, 0.4) is 0 Å². The third kappa shape index (κ3) is 4.00. The van der Waals surface area contributed by atoms with Crippen LogP contribution in [0.25, 0.3) is 0 Å². The topological polar surface area (TPSA) is 46.2 Å². The summed E-state index contributed by atoms with van der Waals surface area (Å²) in [5.74, 6) is 0.935. The van der Waals surface area contributed by atoms with E-state index in [9.17, 15) is 0 Å². The molecule has 5 nitrogen and oxygen atoms in total. The zero-order chi connectivity index (χ0) is 23.1. The molecule has 33 heavy (non-hydrogen) atoms. The van der Waals surface area contributed by atoms with Gasteiger partial charge < -0.3 is 19.2 Å². The fraction of sp³-hybridized carbons (Fsp3) is 0.231. The number of nitrogens with one attached hydrogen (secondary N) is 1. The molecule has 0 amide bonds. The van der Waals surface area contributed by atoms with E-state index in [-0.39, 0.29) is 12.1 Å². The molecular formula is C26H25BrN4OS. The summed E-state index contributed by atoms with van der Waals surface area (Å²) in [7, 11) is 0. The van der Waals surface area contributed by atoms with E-state index in [0.29, 0.717) is 11.7 Å². The molecule has 0 saturated carbocycles. The Balaban J connectivity index is 1.64. The molecule has 7 heteroatoms. The average Bonchev–Trinajstić information content (AvgIpc) is 3.51. The third-order valence-corrected chi connectivity index (χ3v) is 7.55. The van der Waals surface area contributed by atoms with E-state index in [1.54, 1.807) is 6.26 Å². The second kappa shape index (κ2) is 8.80. The summed E-state index contributed by atoms with van der Waals surface area (Å²) in [6.45, 7) is 7.11. The van der Waals surface area contributed by atoms with Gasteiger partial charge in [-0.2, -0.15) is 0 Å². The smallest absolute Gasteiger partial charge is 0.174 e. The maximum Gasteiger partial charge on any atom is 0.174 e. The van der Waals surface area contributed by atoms with Crippen molar-refractivity contribution >= 4 is 38.9 Å². The van der Waals surface area contributed by atoms with Gasteiger partial charge in [0.25, 0.3) is 0 Å². The molecule has 4 aromatic rings. The van der Waals surface area contributed by atoms with Gasteiger partial charge in [0.2, 0.25) is 0 Å². The largest absolute Gasteiger partial charge is 0.467 e. The van der Waals surface area contributed by atoms with Crippen LogP contribution >= 0.6 is 28.1 Å². The Labute approximate surface area is 207 Å². The van der Waals surface area contributed by atoms with Gasteiger partial charge in [0.1, 0.15) is 5.76 Å². The highest BCUT2D eigenvalue weighted by atomic mass is 79.9. The second-order valence-electron chi connectivity index (χ2n) is 8.42. The number of anilines is 1. The van der Waals surface area contributed by atoms with Crippen molar-refractivity contribution in [2.24, 2.45) is 0 Å². The van der Waals surface area contributed by atoms with Crippen molar-refractivity contribution in [1.82, 2.24) is 14.9 Å². The summed E-state index contributed by atoms with van der Waals surface area (Å²) in [5.41, 5.74) is 6.80. The first-order valence-electron chi connectivity index (χ1n) is 10.9. The van der Waals surface area contributed by atoms with Crippen molar-refractivity contribution in [1.29, 1.82) is 0 Å². The highest BCUT2D eigenvalue weighted by molar-refractivity contribution is 9.10. The van der Waals surface area contributed by atoms with E-state index in [1.165, 1.54) is 22.5 Å². The monoisotopic (exact) mass is 520 g/mol. The van der Waals surface area contributed by atoms with Crippen LogP contribution in [-0.2, 0) is 6.54 Å². The Morgan fingerprint density at radius 1 is 1.09 bits per heavy atom. The van der Waals surface area contributed by atoms with Gasteiger partial charge in [-0.15, -0.1) is 0 Å². The zero-order valence-electron chi connectivity index (χ0n) is 18.7. The molecule has 3 aromatic heterocycles. The van der Waals surface area contributed by atoms with Crippen molar-refractivity contribution < 1.29 is 4.42 Å². The summed E-state index contributed by atoms with van der Waals surface area (Å²) in [6.07, 6.45) is 3.56. The van der Waals surface area contributed by atoms with Crippen LogP contribution in [0, 0.1) is 20.8 Å². The molecule has 1 fully saturated rings. The predicted molar refractivity (Wildman–Crippen MR) is 139 cm³/mol. The van der Waals surface area contributed by atoms with Gasteiger partial charge in [-0.05, 0) is 92.6 Å². The van der Waals surface area contributed by atoms with Gasteiger partial charge >= 0.3 is 0 Å². The zero-order valence-corrected chi connectivity index (χ0v) is 21.2. The predicted octanol–water partition coefficient (Wildman–Crippen LogP) is 6.39. The van der Waals surface area contributed by atoms with E-state index >= 15 is 0 Å². The minimum Gasteiger partial charge on any atom is -0.467 e. The van der Waals surface area contributed by atoms with Crippen LogP contribution in [0.2, 0.25) is 0 Å². The molecule has 168 valence electrons. The minimum absolute atomic E-state index is 0.0375. The van der Waals surface area contributed by atoms with E-state index < -0.39 is 0 Å². The standard InChI is InChI=1S/C26H25BrN4OS/c1-16-13-19(9-10-22(16)27)31-25(24(29-26(31)33)23-8-4-5-11-28-23)21-14-17(2)30(18(21)3)15-20-7-6-12-32-20/h4-14,24-25H,15H2,1-3H3,(H,29,33)/t24-,25-/m0/s1. The number of aryl methyl sites for hydroxylation is 2. The molecule has 0 aliphatic carbocycles. The maximum atomic E-state index is 5.88. The second-order valence-corrected chi connectivity index (χ2v) is 9.66. The fourth-order valence-corrected chi connectivity index (χ4v) is 5.25. The van der Waals surface area contributed by atoms with Crippen molar-refractivity contribution in [2.75, 3.05) is 4.90 Å². The number of furan rings is 1. The molecule has 1 saturated heterocycles. The van der Waals surface area contributed by atoms with Crippen molar-refractivity contribution in [3.05, 3.63) is 105 Å². The molecule has 1 aromatic carbocycles. The maximum absolute atomic E-state index is 5.88. The molecule has 4 heterocycles. The van der Waals surface area contributed by atoms with Crippen LogP contribution < -0.4 is 10.2 Å². The molecule has 5 rings (SSSR count). The first-order valence-corrected chi connectivity index (χ1v) is 12.1. The van der Waals surface area contributed by atoms with Crippen LogP contribution in [-0.4, -0.2) is 14.7 Å². The van der Waals surface area contributed by atoms with E-state index in [1.807, 2.05) is 30.5 Å². The summed E-state index contributed by atoms with van der Waals surface area (Å²) in [4.78, 5) is 6.90. The summed E-state index contributed by atoms with van der Waals surface area (Å²) in [5, 5.41) is 4.26. The van der Waals surface area contributed by atoms with Crippen LogP contribution in [0.5, 0.6) is 0 Å². The molecule has 0 bridgehead atoms. The number of benzene rings is 1. The van der Waals surface area contributed by atoms with Crippen LogP contribution in [0.1, 0.15) is 46.1 Å². The molecule has 1 aliphatic rings. The Bertz CT molecular complexity index is 1300. The van der Waals surface area contributed by atoms with Gasteiger partial charge in [0, 0.05) is 27.7 Å². The van der Waals surface area contributed by atoms with Gasteiger partial charge in [-0.25, -0.2) is 0 Å². The van der Waals surface area contributed by atoms with Crippen molar-refractivity contribution in [3.63, 3.8) is 0 Å². The Hall–Kier alpha value is -2.90. The molecule has 0 radical (unpaired) electrons. The number of thiocarbonyl (C=S) groups is 1. The van der Waals surface area contributed by atoms with Crippen LogP contribution in [0.15, 0.2) is 75.9 Å². The first kappa shape index (κ1) is 21.9. The number of hydrogen-bond acceptors (Lipinski definition) is 3. The van der Waals surface area contributed by atoms with Crippen molar-refractivity contribution in [3.8, 4) is 0 Å². The number of hydrogen-bond donors (Lipinski definition) is 1. The van der Waals surface area contributed by atoms with Gasteiger partial charge in [-0.3, -0.25) is 4.98 Å². The fourth-order valence-electron chi connectivity index (χ4n) is 4.66. The first-order chi connectivity index (χ1) is 15.9. The van der Waals surface area contributed by atoms with Crippen LogP contribution in [0.4, 0.5) is 5.69 Å². The lowest BCUT2D eigenvalue weighted by molar-refractivity contribution is 0.488. The Morgan fingerprint density at radius 2 is 1.94 bits per heavy atom. The lowest BCUT2D eigenvalue weighted by Gasteiger charge is -2.28. The summed E-state index contributed by atoms with van der Waals surface area (Å²) in [6, 6.07) is 18.5. The number of halogens is 1. The third-order valence-electron chi connectivity index (χ3n) is 6.34. The molecular weight excluding hydrogens is 496 g/mol. The number of pyridine rings is 1. The SMILES string of the molecule is Cc1cc(N2C(=S)N[C@@H](c3ccccn3)[C@@H]2c2cc(C)n(Cc3ccco3)c2C)ccc1Br. The Morgan fingerprint density at radius 3 is 2.64 bits per heavy atom. The normalized spacial score (nSPS) is 18.1. The highest BCUT2D eigenvalue weighted by Crippen LogP contribution is 2.43. The quantitative estimate of drug-likeness (QED) is 0.309. The number of aromatic nitrogens is 2. The minimum atomic E-state index is -0.0692. The molecule has 0 spiro atoms. The average molecular weight is 521 g/mol. The molecule has 1 aliphatic heterocycles. The molecule has 1 N–H and O–H groups in total. The van der Waals surface area contributed by atoms with Gasteiger partial charge in [0.05, 0.1) is 30.6 Å². The van der Waals surface area contributed by atoms with E-state index in [0.717, 1.165) is 21.6 Å². The summed E-state index contributed by atoms with van der Waals surface area (Å²) >= 11 is 9.51. The van der Waals surface area contributed by atoms with Crippen molar-refractivity contribution in [2.45, 2.75) is 39.4 Å². The van der Waals surface area contributed by atoms with E-state index in [4.69, 9.17) is 16.6 Å². The number of rotatable bonds is 5. The van der Waals surface area contributed by atoms with Gasteiger partial charge in [-0.1, -0.05) is 22.0 Å². The lowest BCUT2D eigenvalue weighted by Crippen LogP contribution is -2.29. The van der Waals surface area contributed by atoms with E-state index in [2.05, 4.69) is 86.8 Å². The molecule has 2 atom stereocenters. The Kier molecular flexibility index (Phi) is 5.85.